The minimum Gasteiger partial charge on any atom is -0.354 e. The van der Waals surface area contributed by atoms with E-state index < -0.39 is 0 Å². The number of aryl methyl sites for hydroxylation is 2. The van der Waals surface area contributed by atoms with Gasteiger partial charge in [0.05, 0.1) is 5.69 Å². The topological polar surface area (TPSA) is 74.8 Å². The number of fused-ring (bicyclic) bond motifs is 2. The van der Waals surface area contributed by atoms with Gasteiger partial charge in [-0.15, -0.1) is 11.3 Å². The zero-order valence-corrected chi connectivity index (χ0v) is 15.7. The highest BCUT2D eigenvalue weighted by molar-refractivity contribution is 7.15. The summed E-state index contributed by atoms with van der Waals surface area (Å²) < 4.78 is 0. The van der Waals surface area contributed by atoms with E-state index in [2.05, 4.69) is 29.1 Å². The first-order valence-electron chi connectivity index (χ1n) is 8.89. The van der Waals surface area contributed by atoms with E-state index in [0.717, 1.165) is 36.2 Å². The molecule has 0 unspecified atom stereocenters. The summed E-state index contributed by atoms with van der Waals surface area (Å²) in [6, 6.07) is 0. The third-order valence-corrected chi connectivity index (χ3v) is 6.27. The Kier molecular flexibility index (Phi) is 3.83. The fourth-order valence-corrected chi connectivity index (χ4v) is 5.07. The maximum absolute atomic E-state index is 12.7. The second-order valence-corrected chi connectivity index (χ2v) is 9.05. The molecule has 0 spiro atoms. The number of hydrogen-bond acceptors (Lipinski definition) is 4. The lowest BCUT2D eigenvalue weighted by molar-refractivity contribution is 0.0910. The monoisotopic (exact) mass is 357 g/mol. The predicted octanol–water partition coefficient (Wildman–Crippen LogP) is 4.07. The largest absolute Gasteiger partial charge is 0.354 e. The number of ketones is 1. The first-order valence-corrected chi connectivity index (χ1v) is 9.70. The molecule has 0 atom stereocenters. The van der Waals surface area contributed by atoms with Crippen LogP contribution in [0.5, 0.6) is 0 Å². The van der Waals surface area contributed by atoms with Gasteiger partial charge in [-0.1, -0.05) is 13.8 Å². The molecule has 0 aromatic carbocycles. The summed E-state index contributed by atoms with van der Waals surface area (Å²) in [7, 11) is 0. The van der Waals surface area contributed by atoms with E-state index in [4.69, 9.17) is 0 Å². The minimum atomic E-state index is -0.205. The number of rotatable bonds is 2. The molecule has 2 aromatic rings. The van der Waals surface area contributed by atoms with Crippen LogP contribution in [0.3, 0.4) is 0 Å². The normalized spacial score (nSPS) is 18.6. The number of nitrogens with one attached hydrogen (secondary N) is 2. The minimum absolute atomic E-state index is 0.0660. The predicted molar refractivity (Wildman–Crippen MR) is 98.7 cm³/mol. The Bertz CT molecular complexity index is 852. The van der Waals surface area contributed by atoms with Crippen molar-refractivity contribution in [3.8, 4) is 0 Å². The molecule has 0 aliphatic heterocycles. The summed E-state index contributed by atoms with van der Waals surface area (Å²) in [6.45, 7) is 6.03. The number of hydrogen-bond donors (Lipinski definition) is 2. The Morgan fingerprint density at radius 1 is 1.24 bits per heavy atom. The van der Waals surface area contributed by atoms with E-state index in [1.807, 2.05) is 6.92 Å². The van der Waals surface area contributed by atoms with Crippen molar-refractivity contribution in [2.75, 3.05) is 5.32 Å². The molecule has 5 nitrogen and oxygen atoms in total. The molecular weight excluding hydrogens is 334 g/mol. The smallest absolute Gasteiger partial charge is 0.274 e. The number of thiazole rings is 1. The maximum atomic E-state index is 12.7. The van der Waals surface area contributed by atoms with Gasteiger partial charge in [0.15, 0.2) is 10.9 Å². The van der Waals surface area contributed by atoms with Crippen molar-refractivity contribution in [2.24, 2.45) is 5.41 Å². The standard InChI is InChI=1S/C19H23N3O2S/c1-10-15-12(8-19(2,3)9-13(15)23)20-16(10)17(24)22-18-21-11-6-4-5-7-14(11)25-18/h20H,4-9H2,1-3H3,(H,21,22,24). The lowest BCUT2D eigenvalue weighted by atomic mass is 9.75. The zero-order chi connectivity index (χ0) is 17.8. The second-order valence-electron chi connectivity index (χ2n) is 7.97. The maximum Gasteiger partial charge on any atom is 0.274 e. The third-order valence-electron chi connectivity index (χ3n) is 5.19. The molecule has 4 rings (SSSR count). The number of aromatic nitrogens is 2. The van der Waals surface area contributed by atoms with Crippen LogP contribution in [0.25, 0.3) is 0 Å². The van der Waals surface area contributed by atoms with Crippen LogP contribution >= 0.6 is 11.3 Å². The van der Waals surface area contributed by atoms with E-state index in [1.165, 1.54) is 17.7 Å². The number of nitrogens with zero attached hydrogens (tertiary/aromatic N) is 1. The van der Waals surface area contributed by atoms with Gasteiger partial charge in [-0.25, -0.2) is 4.98 Å². The number of H-pyrrole nitrogens is 1. The van der Waals surface area contributed by atoms with Crippen molar-refractivity contribution in [1.29, 1.82) is 0 Å². The van der Waals surface area contributed by atoms with Gasteiger partial charge in [-0.05, 0) is 50.0 Å². The Morgan fingerprint density at radius 2 is 2.00 bits per heavy atom. The first-order chi connectivity index (χ1) is 11.8. The fourth-order valence-electron chi connectivity index (χ4n) is 4.02. The van der Waals surface area contributed by atoms with Crippen LogP contribution in [0.4, 0.5) is 5.13 Å². The van der Waals surface area contributed by atoms with Gasteiger partial charge in [0.25, 0.3) is 5.91 Å². The van der Waals surface area contributed by atoms with Gasteiger partial charge >= 0.3 is 0 Å². The molecule has 2 N–H and O–H groups in total. The van der Waals surface area contributed by atoms with Crippen molar-refractivity contribution in [2.45, 2.75) is 59.3 Å². The van der Waals surface area contributed by atoms with Crippen LogP contribution in [-0.4, -0.2) is 21.7 Å². The molecule has 0 radical (unpaired) electrons. The van der Waals surface area contributed by atoms with Gasteiger partial charge in [0, 0.05) is 22.6 Å². The lowest BCUT2D eigenvalue weighted by Crippen LogP contribution is -2.26. The Morgan fingerprint density at radius 3 is 2.76 bits per heavy atom. The van der Waals surface area contributed by atoms with Crippen LogP contribution < -0.4 is 5.32 Å². The van der Waals surface area contributed by atoms with Crippen LogP contribution in [0.15, 0.2) is 0 Å². The highest BCUT2D eigenvalue weighted by Gasteiger charge is 2.35. The Labute approximate surface area is 151 Å². The molecule has 6 heteroatoms. The lowest BCUT2D eigenvalue weighted by Gasteiger charge is -2.28. The van der Waals surface area contributed by atoms with Crippen LogP contribution in [0.2, 0.25) is 0 Å². The van der Waals surface area contributed by atoms with E-state index in [0.29, 0.717) is 22.8 Å². The van der Waals surface area contributed by atoms with Crippen LogP contribution in [0.1, 0.15) is 75.8 Å². The molecule has 0 saturated carbocycles. The van der Waals surface area contributed by atoms with E-state index in [-0.39, 0.29) is 17.1 Å². The molecule has 0 bridgehead atoms. The summed E-state index contributed by atoms with van der Waals surface area (Å²) >= 11 is 1.58. The van der Waals surface area contributed by atoms with E-state index >= 15 is 0 Å². The molecule has 2 heterocycles. The van der Waals surface area contributed by atoms with E-state index in [1.54, 1.807) is 11.3 Å². The van der Waals surface area contributed by atoms with Gasteiger partial charge < -0.3 is 4.98 Å². The Balaban J connectivity index is 1.61. The first kappa shape index (κ1) is 16.5. The number of anilines is 1. The fraction of sp³-hybridized carbons (Fsp3) is 0.526. The van der Waals surface area contributed by atoms with Crippen molar-refractivity contribution in [3.05, 3.63) is 33.1 Å². The molecule has 0 saturated heterocycles. The molecular formula is C19H23N3O2S. The zero-order valence-electron chi connectivity index (χ0n) is 14.9. The van der Waals surface area contributed by atoms with Gasteiger partial charge in [0.2, 0.25) is 0 Å². The highest BCUT2D eigenvalue weighted by Crippen LogP contribution is 2.37. The van der Waals surface area contributed by atoms with Crippen LogP contribution in [0, 0.1) is 12.3 Å². The molecule has 2 aliphatic carbocycles. The van der Waals surface area contributed by atoms with Gasteiger partial charge in [0.1, 0.15) is 5.69 Å². The second kappa shape index (κ2) is 5.80. The third kappa shape index (κ3) is 2.92. The summed E-state index contributed by atoms with van der Waals surface area (Å²) in [5.74, 6) is -0.0765. The van der Waals surface area contributed by atoms with E-state index in [9.17, 15) is 9.59 Å². The van der Waals surface area contributed by atoms with Crippen molar-refractivity contribution >= 4 is 28.2 Å². The highest BCUT2D eigenvalue weighted by atomic mass is 32.1. The average Bonchev–Trinajstić information content (AvgIpc) is 3.06. The Hall–Kier alpha value is -1.95. The SMILES string of the molecule is Cc1c(C(=O)Nc2nc3c(s2)CCCC3)[nH]c2c1C(=O)CC(C)(C)C2. The molecule has 2 aromatic heterocycles. The van der Waals surface area contributed by atoms with Crippen molar-refractivity contribution in [1.82, 2.24) is 9.97 Å². The van der Waals surface area contributed by atoms with Gasteiger partial charge in [-0.3, -0.25) is 14.9 Å². The molecule has 1 amide bonds. The summed E-state index contributed by atoms with van der Waals surface area (Å²) in [4.78, 5) is 34.3. The number of carbonyl (C=O) groups is 2. The van der Waals surface area contributed by atoms with Crippen molar-refractivity contribution in [3.63, 3.8) is 0 Å². The molecule has 132 valence electrons. The van der Waals surface area contributed by atoms with Gasteiger partial charge in [-0.2, -0.15) is 0 Å². The molecule has 0 fully saturated rings. The van der Waals surface area contributed by atoms with Crippen molar-refractivity contribution < 1.29 is 9.59 Å². The number of amides is 1. The number of carbonyl (C=O) groups excluding carboxylic acids is 2. The molecule has 2 aliphatic rings. The number of Topliss-reactive ketones (excluding diaryl/α,β-unsaturated/α-hetero) is 1. The van der Waals surface area contributed by atoms with Crippen LogP contribution in [-0.2, 0) is 19.3 Å². The summed E-state index contributed by atoms with van der Waals surface area (Å²) in [5, 5.41) is 3.59. The quantitative estimate of drug-likeness (QED) is 0.851. The summed E-state index contributed by atoms with van der Waals surface area (Å²) in [5.41, 5.74) is 3.92. The number of aromatic amines is 1. The molecule has 25 heavy (non-hydrogen) atoms. The average molecular weight is 357 g/mol. The summed E-state index contributed by atoms with van der Waals surface area (Å²) in [6.07, 6.45) is 5.74.